The molecular weight excluding hydrogens is 288 g/mol. The molecule has 0 aromatic rings. The molecule has 0 amide bonds. The van der Waals surface area contributed by atoms with Gasteiger partial charge in [0.05, 0.1) is 0 Å². The summed E-state index contributed by atoms with van der Waals surface area (Å²) < 4.78 is 4.69. The van der Waals surface area contributed by atoms with E-state index in [4.69, 9.17) is 21.3 Å². The fraction of sp³-hybridized carbons (Fsp3) is 0.800. The normalized spacial score (nSPS) is 11.9. The summed E-state index contributed by atoms with van der Waals surface area (Å²) in [7, 11) is 0. The van der Waals surface area contributed by atoms with Gasteiger partial charge in [-0.25, -0.2) is 4.79 Å². The van der Waals surface area contributed by atoms with Gasteiger partial charge in [0, 0.05) is 12.8 Å². The van der Waals surface area contributed by atoms with Crippen molar-refractivity contribution >= 4 is 17.9 Å². The van der Waals surface area contributed by atoms with Gasteiger partial charge in [-0.15, -0.1) is 0 Å². The number of carboxylic acid groups (broad SMARTS) is 1. The molecule has 0 fully saturated rings. The Morgan fingerprint density at radius 2 is 1.50 bits per heavy atom. The van der Waals surface area contributed by atoms with Crippen molar-refractivity contribution in [3.63, 3.8) is 0 Å². The number of carboxylic acids is 1. The molecule has 0 saturated carbocycles. The minimum atomic E-state index is -0.787. The molecule has 0 unspecified atom stereocenters. The average Bonchev–Trinajstić information content (AvgIpc) is 2.45. The lowest BCUT2D eigenvalue weighted by atomic mass is 10.1. The summed E-state index contributed by atoms with van der Waals surface area (Å²) in [6.07, 6.45) is 6.13. The van der Waals surface area contributed by atoms with E-state index in [1.807, 2.05) is 0 Å². The predicted octanol–water partition coefficient (Wildman–Crippen LogP) is 1.33. The monoisotopic (exact) mass is 316 g/mol. The van der Waals surface area contributed by atoms with Crippen molar-refractivity contribution in [2.45, 2.75) is 70.3 Å². The van der Waals surface area contributed by atoms with Crippen molar-refractivity contribution in [1.82, 2.24) is 0 Å². The third-order valence-corrected chi connectivity index (χ3v) is 3.26. The molecule has 7 heteroatoms. The second-order valence-corrected chi connectivity index (χ2v) is 5.35. The summed E-state index contributed by atoms with van der Waals surface area (Å²) in [6, 6.07) is -0.772. The van der Waals surface area contributed by atoms with Gasteiger partial charge in [0.1, 0.15) is 6.04 Å². The van der Waals surface area contributed by atoms with Crippen molar-refractivity contribution < 1.29 is 24.2 Å². The smallest absolute Gasteiger partial charge is 0.330 e. The number of esters is 2. The number of carbonyl (C=O) groups excluding carboxylic acids is 2. The number of nitrogens with two attached hydrogens (primary N) is 2. The number of ether oxygens (including phenoxy) is 1. The fourth-order valence-electron chi connectivity index (χ4n) is 1.94. The Hall–Kier alpha value is -1.47. The minimum Gasteiger partial charge on any atom is -0.481 e. The Kier molecular flexibility index (Phi) is 12.3. The number of hydrogen-bond acceptors (Lipinski definition) is 6. The second-order valence-electron chi connectivity index (χ2n) is 5.35. The molecule has 22 heavy (non-hydrogen) atoms. The van der Waals surface area contributed by atoms with Gasteiger partial charge in [0.2, 0.25) is 0 Å². The largest absolute Gasteiger partial charge is 0.481 e. The van der Waals surface area contributed by atoms with Crippen LogP contribution in [-0.2, 0) is 19.1 Å². The van der Waals surface area contributed by atoms with E-state index in [0.717, 1.165) is 32.1 Å². The van der Waals surface area contributed by atoms with Crippen LogP contribution in [0.3, 0.4) is 0 Å². The average molecular weight is 316 g/mol. The van der Waals surface area contributed by atoms with E-state index in [-0.39, 0.29) is 12.8 Å². The van der Waals surface area contributed by atoms with Gasteiger partial charge in [-0.1, -0.05) is 25.7 Å². The van der Waals surface area contributed by atoms with E-state index in [9.17, 15) is 14.4 Å². The van der Waals surface area contributed by atoms with E-state index in [2.05, 4.69) is 0 Å². The van der Waals surface area contributed by atoms with Gasteiger partial charge in [-0.3, -0.25) is 9.59 Å². The van der Waals surface area contributed by atoms with Gasteiger partial charge in [-0.2, -0.15) is 0 Å². The number of aliphatic carboxylic acids is 1. The van der Waals surface area contributed by atoms with Crippen molar-refractivity contribution in [2.24, 2.45) is 11.5 Å². The first-order chi connectivity index (χ1) is 10.5. The van der Waals surface area contributed by atoms with Crippen LogP contribution in [0.2, 0.25) is 0 Å². The Bertz CT molecular complexity index is 347. The predicted molar refractivity (Wildman–Crippen MR) is 81.9 cm³/mol. The van der Waals surface area contributed by atoms with Gasteiger partial charge >= 0.3 is 17.9 Å². The van der Waals surface area contributed by atoms with E-state index in [1.165, 1.54) is 0 Å². The van der Waals surface area contributed by atoms with E-state index in [1.54, 1.807) is 0 Å². The molecular formula is C15H28N2O5. The topological polar surface area (TPSA) is 133 Å². The molecule has 0 heterocycles. The van der Waals surface area contributed by atoms with Crippen molar-refractivity contribution in [3.8, 4) is 0 Å². The Morgan fingerprint density at radius 1 is 0.909 bits per heavy atom. The lowest BCUT2D eigenvalue weighted by Gasteiger charge is -2.09. The summed E-state index contributed by atoms with van der Waals surface area (Å²) >= 11 is 0. The third-order valence-electron chi connectivity index (χ3n) is 3.26. The summed E-state index contributed by atoms with van der Waals surface area (Å²) in [5.74, 6) is -2.02. The zero-order valence-corrected chi connectivity index (χ0v) is 13.1. The van der Waals surface area contributed by atoms with Crippen LogP contribution in [0.4, 0.5) is 0 Å². The quantitative estimate of drug-likeness (QED) is 0.265. The Morgan fingerprint density at radius 3 is 2.09 bits per heavy atom. The number of carbonyl (C=O) groups is 3. The first-order valence-electron chi connectivity index (χ1n) is 7.89. The van der Waals surface area contributed by atoms with E-state index < -0.39 is 23.9 Å². The molecule has 0 aromatic heterocycles. The molecule has 5 N–H and O–H groups in total. The van der Waals surface area contributed by atoms with Crippen LogP contribution in [0.5, 0.6) is 0 Å². The Balaban J connectivity index is 3.59. The zero-order chi connectivity index (χ0) is 16.8. The van der Waals surface area contributed by atoms with Crippen molar-refractivity contribution in [1.29, 1.82) is 0 Å². The first kappa shape index (κ1) is 20.5. The molecule has 0 saturated heterocycles. The van der Waals surface area contributed by atoms with Crippen molar-refractivity contribution in [3.05, 3.63) is 0 Å². The van der Waals surface area contributed by atoms with Crippen LogP contribution < -0.4 is 11.5 Å². The first-order valence-corrected chi connectivity index (χ1v) is 7.89. The zero-order valence-electron chi connectivity index (χ0n) is 13.1. The van der Waals surface area contributed by atoms with Crippen LogP contribution in [-0.4, -0.2) is 35.6 Å². The number of rotatable bonds is 13. The molecule has 128 valence electrons. The highest BCUT2D eigenvalue weighted by Crippen LogP contribution is 2.08. The highest BCUT2D eigenvalue weighted by Gasteiger charge is 2.18. The number of unbranched alkanes of at least 4 members (excludes halogenated alkanes) is 5. The summed E-state index contributed by atoms with van der Waals surface area (Å²) in [6.45, 7) is 0.549. The molecule has 0 radical (unpaired) electrons. The summed E-state index contributed by atoms with van der Waals surface area (Å²) in [4.78, 5) is 33.3. The van der Waals surface area contributed by atoms with E-state index in [0.29, 0.717) is 25.8 Å². The molecule has 0 rings (SSSR count). The maximum absolute atomic E-state index is 11.5. The molecule has 0 aliphatic rings. The lowest BCUT2D eigenvalue weighted by molar-refractivity contribution is -0.160. The molecule has 7 nitrogen and oxygen atoms in total. The lowest BCUT2D eigenvalue weighted by Crippen LogP contribution is -2.33. The standard InChI is InChI=1S/C15H28N2O5/c16-11-7-6-8-12(17)15(21)22-14(20)10-5-3-1-2-4-9-13(18)19/h12H,1-11,16-17H2,(H,18,19)/t12-/m0/s1. The fourth-order valence-corrected chi connectivity index (χ4v) is 1.94. The van der Waals surface area contributed by atoms with Crippen LogP contribution >= 0.6 is 0 Å². The van der Waals surface area contributed by atoms with Crippen molar-refractivity contribution in [2.75, 3.05) is 6.54 Å². The molecule has 1 atom stereocenters. The molecule has 0 aliphatic heterocycles. The van der Waals surface area contributed by atoms with Gasteiger partial charge in [0.15, 0.2) is 0 Å². The number of hydrogen-bond donors (Lipinski definition) is 3. The van der Waals surface area contributed by atoms with Gasteiger partial charge in [0.25, 0.3) is 0 Å². The van der Waals surface area contributed by atoms with Gasteiger partial charge in [-0.05, 0) is 32.2 Å². The SMILES string of the molecule is NCCCC[C@H](N)C(=O)OC(=O)CCCCCCCC(=O)O. The van der Waals surface area contributed by atoms with Crippen LogP contribution in [0.15, 0.2) is 0 Å². The highest BCUT2D eigenvalue weighted by molar-refractivity contribution is 5.88. The summed E-state index contributed by atoms with van der Waals surface area (Å²) in [5, 5.41) is 8.48. The van der Waals surface area contributed by atoms with Gasteiger partial charge < -0.3 is 21.3 Å². The van der Waals surface area contributed by atoms with E-state index >= 15 is 0 Å². The van der Waals surface area contributed by atoms with Crippen LogP contribution in [0.25, 0.3) is 0 Å². The third kappa shape index (κ3) is 12.3. The minimum absolute atomic E-state index is 0.179. The maximum Gasteiger partial charge on any atom is 0.330 e. The van der Waals surface area contributed by atoms with Crippen LogP contribution in [0.1, 0.15) is 64.2 Å². The highest BCUT2D eigenvalue weighted by atomic mass is 16.6. The molecule has 0 bridgehead atoms. The molecule has 0 spiro atoms. The summed E-state index contributed by atoms with van der Waals surface area (Å²) in [5.41, 5.74) is 11.0. The Labute approximate surface area is 131 Å². The molecule has 0 aromatic carbocycles. The second kappa shape index (κ2) is 13.2. The molecule has 0 aliphatic carbocycles. The maximum atomic E-state index is 11.5. The van der Waals surface area contributed by atoms with Crippen LogP contribution in [0, 0.1) is 0 Å².